The van der Waals surface area contributed by atoms with Gasteiger partial charge >= 0.3 is 0 Å². The zero-order valence-corrected chi connectivity index (χ0v) is 55.3. The third-order valence-electron chi connectivity index (χ3n) is 24.7. The van der Waals surface area contributed by atoms with Crippen LogP contribution < -0.4 is 0 Å². The highest BCUT2D eigenvalue weighted by atomic mass is 14.4. The molecule has 0 heterocycles. The van der Waals surface area contributed by atoms with Crippen molar-refractivity contribution in [2.75, 3.05) is 0 Å². The van der Waals surface area contributed by atoms with Crippen LogP contribution in [0, 0.1) is 108 Å². The number of hydrogen-bond acceptors (Lipinski definition) is 0. The monoisotopic (exact) mass is 1110 g/mol. The Kier molecular flexibility index (Phi) is 29.5. The third-order valence-corrected chi connectivity index (χ3v) is 24.7. The molecule has 0 spiro atoms. The summed E-state index contributed by atoms with van der Waals surface area (Å²) in [5.41, 5.74) is 6.42. The highest BCUT2D eigenvalue weighted by Crippen LogP contribution is 2.45. The Hall–Kier alpha value is -1.56. The van der Waals surface area contributed by atoms with Gasteiger partial charge in [0.1, 0.15) is 0 Å². The van der Waals surface area contributed by atoms with Gasteiger partial charge in [-0.1, -0.05) is 249 Å². The third kappa shape index (κ3) is 24.1. The Morgan fingerprint density at radius 1 is 0.325 bits per heavy atom. The molecule has 0 N–H and O–H groups in total. The molecule has 10 aliphatic carbocycles. The van der Waals surface area contributed by atoms with Crippen LogP contribution in [0.1, 0.15) is 348 Å². The molecular weight excluding hydrogens is 961 g/mol. The maximum atomic E-state index is 2.56. The van der Waals surface area contributed by atoms with Crippen LogP contribution in [0.4, 0.5) is 0 Å². The maximum absolute atomic E-state index is 2.56. The molecule has 472 valence electrons. The van der Waals surface area contributed by atoms with E-state index < -0.39 is 0 Å². The van der Waals surface area contributed by atoms with E-state index in [1.807, 2.05) is 5.57 Å². The quantitative estimate of drug-likeness (QED) is 0.216. The van der Waals surface area contributed by atoms with Crippen LogP contribution in [0.15, 0.2) is 59.7 Å². The van der Waals surface area contributed by atoms with Crippen LogP contribution >= 0.6 is 0 Å². The van der Waals surface area contributed by atoms with Gasteiger partial charge in [-0.2, -0.15) is 0 Å². The van der Waals surface area contributed by atoms with E-state index in [0.29, 0.717) is 0 Å². The lowest BCUT2D eigenvalue weighted by Crippen LogP contribution is -2.24. The second-order valence-electron chi connectivity index (χ2n) is 32.0. The highest BCUT2D eigenvalue weighted by Gasteiger charge is 2.31. The van der Waals surface area contributed by atoms with Gasteiger partial charge in [-0.3, -0.25) is 0 Å². The maximum Gasteiger partial charge on any atom is 0 e. The van der Waals surface area contributed by atoms with E-state index in [4.69, 9.17) is 0 Å². The van der Waals surface area contributed by atoms with Gasteiger partial charge in [0.25, 0.3) is 0 Å². The highest BCUT2D eigenvalue weighted by molar-refractivity contribution is 5.25. The Balaban J connectivity index is 0. The lowest BCUT2D eigenvalue weighted by molar-refractivity contribution is 0.165. The molecule has 0 saturated heterocycles. The van der Waals surface area contributed by atoms with Gasteiger partial charge in [0.05, 0.1) is 0 Å². The molecule has 0 amide bonds. The van der Waals surface area contributed by atoms with E-state index >= 15 is 0 Å². The minimum atomic E-state index is 0. The molecule has 8 fully saturated rings. The lowest BCUT2D eigenvalue weighted by Gasteiger charge is -2.37. The average molecular weight is 1110 g/mol. The minimum absolute atomic E-state index is 0. The summed E-state index contributed by atoms with van der Waals surface area (Å²) in [6, 6.07) is 9.29. The van der Waals surface area contributed by atoms with Gasteiger partial charge < -0.3 is 0 Å². The number of benzene rings is 1. The first-order valence-electron chi connectivity index (χ1n) is 36.8. The Bertz CT molecular complexity index is 1820. The van der Waals surface area contributed by atoms with Crippen LogP contribution in [-0.4, -0.2) is 0 Å². The molecule has 0 radical (unpaired) electrons. The normalized spacial score (nSPS) is 38.9. The molecule has 2 unspecified atom stereocenters. The zero-order valence-electron chi connectivity index (χ0n) is 55.3. The molecule has 0 aliphatic heterocycles. The van der Waals surface area contributed by atoms with E-state index in [9.17, 15) is 0 Å². The molecule has 0 nitrogen and oxygen atoms in total. The van der Waals surface area contributed by atoms with Crippen LogP contribution in [0.25, 0.3) is 0 Å². The fourth-order valence-corrected chi connectivity index (χ4v) is 17.7. The van der Waals surface area contributed by atoms with Gasteiger partial charge in [-0.15, -0.1) is 0 Å². The van der Waals surface area contributed by atoms with Crippen LogP contribution in [0.2, 0.25) is 0 Å². The Morgan fingerprint density at radius 3 is 1.07 bits per heavy atom. The van der Waals surface area contributed by atoms with Crippen LogP contribution in [0.5, 0.6) is 0 Å². The summed E-state index contributed by atoms with van der Waals surface area (Å²) in [5, 5.41) is 0. The van der Waals surface area contributed by atoms with Crippen LogP contribution in [0.3, 0.4) is 0 Å². The first kappa shape index (κ1) is 66.0. The topological polar surface area (TPSA) is 0 Å². The summed E-state index contributed by atoms with van der Waals surface area (Å²) in [6.07, 6.45) is 69.2. The van der Waals surface area contributed by atoms with Gasteiger partial charge in [-0.25, -0.2) is 0 Å². The van der Waals surface area contributed by atoms with Crippen molar-refractivity contribution in [2.45, 2.75) is 332 Å². The van der Waals surface area contributed by atoms with Gasteiger partial charge in [0.2, 0.25) is 0 Å². The second-order valence-corrected chi connectivity index (χ2v) is 32.0. The van der Waals surface area contributed by atoms with Crippen molar-refractivity contribution in [3.05, 3.63) is 70.8 Å². The van der Waals surface area contributed by atoms with E-state index in [1.54, 1.807) is 24.0 Å². The summed E-state index contributed by atoms with van der Waals surface area (Å²) >= 11 is 0. The molecule has 0 bridgehead atoms. The summed E-state index contributed by atoms with van der Waals surface area (Å²) in [4.78, 5) is 0. The number of rotatable bonds is 9. The summed E-state index contributed by atoms with van der Waals surface area (Å²) in [5.74, 6) is 18.0. The van der Waals surface area contributed by atoms with Crippen molar-refractivity contribution >= 4 is 0 Å². The summed E-state index contributed by atoms with van der Waals surface area (Å²) < 4.78 is 0. The minimum Gasteiger partial charge on any atom is -0.0853 e. The molecule has 1 aromatic carbocycles. The molecule has 1 aromatic rings. The molecule has 0 heteroatoms. The van der Waals surface area contributed by atoms with E-state index in [2.05, 4.69) is 118 Å². The summed E-state index contributed by atoms with van der Waals surface area (Å²) in [7, 11) is 0. The first-order valence-corrected chi connectivity index (χ1v) is 36.8. The first-order chi connectivity index (χ1) is 38.7. The Labute approximate surface area is 512 Å². The molecule has 80 heavy (non-hydrogen) atoms. The molecule has 2 atom stereocenters. The molecule has 10 aliphatic rings. The molecule has 8 saturated carbocycles. The fraction of sp³-hybridized carbons (Fsp3) is 0.850. The number of allylic oxidation sites excluding steroid dienone is 6. The van der Waals surface area contributed by atoms with E-state index in [0.717, 1.165) is 107 Å². The van der Waals surface area contributed by atoms with Crippen molar-refractivity contribution in [3.8, 4) is 0 Å². The van der Waals surface area contributed by atoms with E-state index in [1.165, 1.54) is 250 Å². The van der Waals surface area contributed by atoms with Crippen molar-refractivity contribution in [1.29, 1.82) is 0 Å². The fourth-order valence-electron chi connectivity index (χ4n) is 17.7. The smallest absolute Gasteiger partial charge is 0 e. The average Bonchev–Trinajstić information content (AvgIpc) is 3.19. The predicted octanol–water partition coefficient (Wildman–Crippen LogP) is 27.8. The van der Waals surface area contributed by atoms with Gasteiger partial charge in [0.15, 0.2) is 0 Å². The van der Waals surface area contributed by atoms with Gasteiger partial charge in [-0.05, 0) is 254 Å². The Morgan fingerprint density at radius 2 is 0.688 bits per heavy atom. The van der Waals surface area contributed by atoms with Gasteiger partial charge in [0, 0.05) is 11.4 Å². The van der Waals surface area contributed by atoms with Crippen LogP contribution in [-0.2, 0) is 0 Å². The van der Waals surface area contributed by atoms with Crippen molar-refractivity contribution in [1.82, 2.24) is 0 Å². The van der Waals surface area contributed by atoms with E-state index in [-0.39, 0.29) is 11.4 Å². The molecule has 0 aromatic heterocycles. The number of aryl methyl sites for hydroxylation is 1. The standard InChI is InChI=1S/C20H30.C16H30.C16H28.2C14H24.8H2/c1-15-3-7-17(8-4-15)19-11-13-20(14-12-19)18-9-5-16(2)6-10-18;2*1-13-3-7-15(8-4-13)11-12-16-9-5-14(2)6-10-16;2*1-11-3-7-13(8-4-11)14-9-5-12(2)6-10-14;;;;;;;;/h3-4,7-8,16,18-20H,5-6,9-14H2,1-2H3;13-16H,3-12H2,1-2H3;11-16H,3-10H2,1-2H3;7,11-12,14H,3-6,8-10H2,1-2H3;3,12-14H,4-10H2,1-2H3;8*1H/b;;12-11+;;;;;;;;;;. The zero-order chi connectivity index (χ0) is 56.6. The molecule has 11 rings (SSSR count). The number of hydrogen-bond donors (Lipinski definition) is 0. The SMILES string of the molecule is CC1=CCC(C2CCC(C)CC2)CC1.CC1CC=C(C2CCC(C)CC2)CC1.CC1CCC(/C=C/C2CCC(C)CC2)CC1.CC1CCC(CCC2CCC(C)CC2)CC1.Cc1ccc(C2CCC(C3CCC(C)CC3)CC2)cc1.[HH].[HH].[HH].[HH].[HH].[HH].[HH].[HH]. The predicted molar refractivity (Wildman–Crippen MR) is 371 cm³/mol. The van der Waals surface area contributed by atoms with Crippen molar-refractivity contribution in [3.63, 3.8) is 0 Å². The van der Waals surface area contributed by atoms with Crippen molar-refractivity contribution in [2.24, 2.45) is 101 Å². The molecular formula is C80H152. The largest absolute Gasteiger partial charge is 0.0853 e. The second kappa shape index (κ2) is 35.8. The summed E-state index contributed by atoms with van der Waals surface area (Å²) in [6.45, 7) is 23.8. The lowest BCUT2D eigenvalue weighted by atomic mass is 9.68. The van der Waals surface area contributed by atoms with Crippen molar-refractivity contribution < 1.29 is 11.4 Å².